The minimum absolute atomic E-state index is 0.213. The van der Waals surface area contributed by atoms with Gasteiger partial charge in [0.25, 0.3) is 0 Å². The van der Waals surface area contributed by atoms with E-state index in [0.717, 1.165) is 11.1 Å². The van der Waals surface area contributed by atoms with Crippen LogP contribution < -0.4 is 10.5 Å². The molecule has 0 bridgehead atoms. The lowest BCUT2D eigenvalue weighted by Gasteiger charge is -2.11. The van der Waals surface area contributed by atoms with Crippen molar-refractivity contribution >= 4 is 5.91 Å². The van der Waals surface area contributed by atoms with Crippen LogP contribution in [-0.4, -0.2) is 26.1 Å². The number of carbonyl (C=O) groups excluding carboxylic acids is 1. The lowest BCUT2D eigenvalue weighted by atomic mass is 10.1. The topological polar surface area (TPSA) is 95.9 Å². The summed E-state index contributed by atoms with van der Waals surface area (Å²) in [6.07, 6.45) is 0. The molecule has 0 saturated carbocycles. The summed E-state index contributed by atoms with van der Waals surface area (Å²) < 4.78 is 7.45. The highest BCUT2D eigenvalue weighted by Crippen LogP contribution is 2.32. The fraction of sp³-hybridized carbons (Fsp3) is 0. The Morgan fingerprint density at radius 3 is 2.33 bits per heavy atom. The second-order valence-electron chi connectivity index (χ2n) is 5.75. The summed E-state index contributed by atoms with van der Waals surface area (Å²) in [5.74, 6) is 0.139. The van der Waals surface area contributed by atoms with Gasteiger partial charge in [0.1, 0.15) is 5.75 Å². The summed E-state index contributed by atoms with van der Waals surface area (Å²) in [5.41, 5.74) is 8.29. The molecular weight excluding hydrogens is 342 g/mol. The van der Waals surface area contributed by atoms with Crippen LogP contribution in [0.1, 0.15) is 10.4 Å². The van der Waals surface area contributed by atoms with E-state index in [9.17, 15) is 4.79 Å². The maximum absolute atomic E-state index is 11.2. The van der Waals surface area contributed by atoms with Crippen molar-refractivity contribution in [3.05, 3.63) is 84.4 Å². The van der Waals surface area contributed by atoms with Gasteiger partial charge in [-0.1, -0.05) is 53.6 Å². The van der Waals surface area contributed by atoms with Crippen LogP contribution in [-0.2, 0) is 0 Å². The Hall–Kier alpha value is -4.00. The summed E-state index contributed by atoms with van der Waals surface area (Å²) in [7, 11) is 0. The molecule has 4 aromatic rings. The first-order valence-corrected chi connectivity index (χ1v) is 8.23. The van der Waals surface area contributed by atoms with E-state index in [4.69, 9.17) is 10.5 Å². The first kappa shape index (κ1) is 16.5. The zero-order valence-electron chi connectivity index (χ0n) is 14.2. The van der Waals surface area contributed by atoms with Crippen LogP contribution in [0, 0.1) is 0 Å². The Morgan fingerprint density at radius 2 is 1.59 bits per heavy atom. The molecular formula is C20H15N5O2. The molecule has 0 radical (unpaired) electrons. The average Bonchev–Trinajstić information content (AvgIpc) is 3.17. The predicted octanol–water partition coefficient (Wildman–Crippen LogP) is 3.22. The van der Waals surface area contributed by atoms with Gasteiger partial charge in [-0.25, -0.2) is 0 Å². The molecule has 1 amide bonds. The number of rotatable bonds is 5. The predicted molar refractivity (Wildman–Crippen MR) is 99.6 cm³/mol. The molecule has 7 nitrogen and oxygen atoms in total. The molecule has 132 valence electrons. The lowest BCUT2D eigenvalue weighted by molar-refractivity contribution is 0.100. The molecule has 7 heteroatoms. The molecule has 0 aliphatic rings. The molecule has 0 saturated heterocycles. The van der Waals surface area contributed by atoms with E-state index in [0.29, 0.717) is 17.0 Å². The van der Waals surface area contributed by atoms with Crippen LogP contribution in [0.2, 0.25) is 0 Å². The average molecular weight is 357 g/mol. The van der Waals surface area contributed by atoms with Gasteiger partial charge in [-0.2, -0.15) is 4.68 Å². The van der Waals surface area contributed by atoms with Gasteiger partial charge in [0.05, 0.1) is 5.69 Å². The molecule has 0 unspecified atom stereocenters. The molecule has 0 aliphatic carbocycles. The molecule has 1 heterocycles. The molecule has 27 heavy (non-hydrogen) atoms. The van der Waals surface area contributed by atoms with Gasteiger partial charge < -0.3 is 10.5 Å². The maximum atomic E-state index is 11.2. The minimum atomic E-state index is -0.494. The summed E-state index contributed by atoms with van der Waals surface area (Å²) in [5, 5.41) is 11.6. The van der Waals surface area contributed by atoms with Crippen LogP contribution in [0.15, 0.2) is 78.9 Å². The zero-order valence-corrected chi connectivity index (χ0v) is 14.2. The van der Waals surface area contributed by atoms with E-state index >= 15 is 0 Å². The molecule has 0 spiro atoms. The molecule has 2 N–H and O–H groups in total. The first-order chi connectivity index (χ1) is 13.2. The van der Waals surface area contributed by atoms with E-state index in [-0.39, 0.29) is 6.01 Å². The number of ether oxygens (including phenoxy) is 1. The normalized spacial score (nSPS) is 10.5. The van der Waals surface area contributed by atoms with Gasteiger partial charge in [-0.05, 0) is 46.3 Å². The number of benzene rings is 3. The zero-order chi connectivity index (χ0) is 18.6. The highest BCUT2D eigenvalue weighted by atomic mass is 16.5. The van der Waals surface area contributed by atoms with Crippen molar-refractivity contribution in [1.82, 2.24) is 20.2 Å². The molecule has 1 aromatic heterocycles. The van der Waals surface area contributed by atoms with Crippen molar-refractivity contribution < 1.29 is 9.53 Å². The summed E-state index contributed by atoms with van der Waals surface area (Å²) in [6.45, 7) is 0. The molecule has 3 aromatic carbocycles. The maximum Gasteiger partial charge on any atom is 0.345 e. The number of nitrogens with zero attached hydrogens (tertiary/aromatic N) is 4. The van der Waals surface area contributed by atoms with Crippen molar-refractivity contribution in [3.63, 3.8) is 0 Å². The largest absolute Gasteiger partial charge is 0.422 e. The van der Waals surface area contributed by atoms with Gasteiger partial charge in [-0.3, -0.25) is 4.79 Å². The fourth-order valence-corrected chi connectivity index (χ4v) is 2.68. The number of nitrogens with two attached hydrogens (primary N) is 1. The number of amides is 1. The van der Waals surface area contributed by atoms with Gasteiger partial charge in [-0.15, -0.1) is 0 Å². The number of hydrogen-bond acceptors (Lipinski definition) is 5. The Balaban J connectivity index is 1.68. The van der Waals surface area contributed by atoms with Crippen LogP contribution >= 0.6 is 0 Å². The van der Waals surface area contributed by atoms with Crippen LogP contribution in [0.3, 0.4) is 0 Å². The third kappa shape index (κ3) is 3.38. The lowest BCUT2D eigenvalue weighted by Crippen LogP contribution is -2.11. The third-order valence-electron chi connectivity index (χ3n) is 4.01. The molecule has 0 fully saturated rings. The quantitative estimate of drug-likeness (QED) is 0.591. The van der Waals surface area contributed by atoms with E-state index < -0.39 is 5.91 Å². The second-order valence-corrected chi connectivity index (χ2v) is 5.75. The standard InChI is InChI=1S/C20H15N5O2/c21-19(26)15-10-12-16(13-11-15)25-20(22-23-24-25)27-18-9-5-4-8-17(18)14-6-2-1-3-7-14/h1-13H,(H2,21,26). The van der Waals surface area contributed by atoms with Crippen molar-refractivity contribution in [2.24, 2.45) is 5.73 Å². The van der Waals surface area contributed by atoms with Gasteiger partial charge in [0.2, 0.25) is 5.91 Å². The number of para-hydroxylation sites is 1. The minimum Gasteiger partial charge on any atom is -0.422 e. The van der Waals surface area contributed by atoms with Crippen LogP contribution in [0.25, 0.3) is 16.8 Å². The van der Waals surface area contributed by atoms with Crippen molar-refractivity contribution in [2.45, 2.75) is 0 Å². The van der Waals surface area contributed by atoms with Gasteiger partial charge in [0.15, 0.2) is 0 Å². The number of tetrazole rings is 1. The Kier molecular flexibility index (Phi) is 4.32. The molecule has 0 aliphatic heterocycles. The molecule has 0 atom stereocenters. The second kappa shape index (κ2) is 7.09. The van der Waals surface area contributed by atoms with E-state index in [1.807, 2.05) is 54.6 Å². The fourth-order valence-electron chi connectivity index (χ4n) is 2.68. The SMILES string of the molecule is NC(=O)c1ccc(-n2nnnc2Oc2ccccc2-c2ccccc2)cc1. The van der Waals surface area contributed by atoms with Gasteiger partial charge in [0, 0.05) is 11.1 Å². The summed E-state index contributed by atoms with van der Waals surface area (Å²) in [4.78, 5) is 11.2. The van der Waals surface area contributed by atoms with Crippen molar-refractivity contribution in [3.8, 4) is 28.6 Å². The van der Waals surface area contributed by atoms with Crippen LogP contribution in [0.5, 0.6) is 11.8 Å². The highest BCUT2D eigenvalue weighted by molar-refractivity contribution is 5.92. The van der Waals surface area contributed by atoms with Crippen LogP contribution in [0.4, 0.5) is 0 Å². The smallest absolute Gasteiger partial charge is 0.345 e. The Bertz CT molecular complexity index is 1070. The first-order valence-electron chi connectivity index (χ1n) is 8.23. The van der Waals surface area contributed by atoms with Gasteiger partial charge >= 0.3 is 6.01 Å². The number of primary amides is 1. The number of carbonyl (C=O) groups is 1. The molecule has 4 rings (SSSR count). The highest BCUT2D eigenvalue weighted by Gasteiger charge is 2.14. The third-order valence-corrected chi connectivity index (χ3v) is 4.01. The monoisotopic (exact) mass is 357 g/mol. The van der Waals surface area contributed by atoms with Crippen molar-refractivity contribution in [1.29, 1.82) is 0 Å². The van der Waals surface area contributed by atoms with Crippen molar-refractivity contribution in [2.75, 3.05) is 0 Å². The Morgan fingerprint density at radius 1 is 0.889 bits per heavy atom. The number of aromatic nitrogens is 4. The van der Waals surface area contributed by atoms with E-state index in [2.05, 4.69) is 15.5 Å². The van der Waals surface area contributed by atoms with E-state index in [1.54, 1.807) is 24.3 Å². The summed E-state index contributed by atoms with van der Waals surface area (Å²) in [6, 6.07) is 24.4. The Labute approximate surface area is 155 Å². The van der Waals surface area contributed by atoms with E-state index in [1.165, 1.54) is 4.68 Å². The summed E-state index contributed by atoms with van der Waals surface area (Å²) >= 11 is 0. The number of hydrogen-bond donors (Lipinski definition) is 1.